The summed E-state index contributed by atoms with van der Waals surface area (Å²) >= 11 is 0. The number of aromatic nitrogens is 4. The van der Waals surface area contributed by atoms with Crippen molar-refractivity contribution in [1.82, 2.24) is 19.7 Å². The van der Waals surface area contributed by atoms with E-state index in [0.717, 1.165) is 4.73 Å². The standard InChI is InChI=1S/C8H12N5O6P/c9-7-6-8(11-2-10-7)13(3-12-6)19-5(1-14)18-4-20(15,16)17/h2-3,5,14H,1,4H2,(H2,9,10,11)(H2,15,16,17). The van der Waals surface area contributed by atoms with E-state index in [4.69, 9.17) is 30.2 Å². The maximum Gasteiger partial charge on any atom is 0.351 e. The first-order valence-electron chi connectivity index (χ1n) is 5.28. The summed E-state index contributed by atoms with van der Waals surface area (Å²) in [7, 11) is -4.36. The lowest BCUT2D eigenvalue weighted by Gasteiger charge is -2.17. The van der Waals surface area contributed by atoms with Crippen molar-refractivity contribution in [2.45, 2.75) is 6.29 Å². The molecule has 0 aliphatic heterocycles. The average molecular weight is 305 g/mol. The van der Waals surface area contributed by atoms with Crippen LogP contribution in [0.4, 0.5) is 5.82 Å². The molecule has 2 aromatic heterocycles. The second kappa shape index (κ2) is 5.69. The van der Waals surface area contributed by atoms with Gasteiger partial charge in [0.1, 0.15) is 19.3 Å². The van der Waals surface area contributed by atoms with E-state index in [1.807, 2.05) is 0 Å². The number of nitrogens with zero attached hydrogens (tertiary/aromatic N) is 4. The minimum atomic E-state index is -4.36. The zero-order chi connectivity index (χ0) is 14.8. The molecule has 2 aromatic rings. The van der Waals surface area contributed by atoms with Crippen LogP contribution in [0.25, 0.3) is 11.2 Å². The number of imidazole rings is 1. The number of fused-ring (bicyclic) bond motifs is 1. The van der Waals surface area contributed by atoms with Crippen LogP contribution in [-0.4, -0.2) is 53.8 Å². The third-order valence-electron chi connectivity index (χ3n) is 2.14. The lowest BCUT2D eigenvalue weighted by Crippen LogP contribution is -2.31. The van der Waals surface area contributed by atoms with Gasteiger partial charge in [-0.25, -0.2) is 15.0 Å². The molecule has 2 heterocycles. The van der Waals surface area contributed by atoms with Gasteiger partial charge in [0.25, 0.3) is 0 Å². The number of nitrogen functional groups attached to an aromatic ring is 1. The molecule has 0 saturated heterocycles. The van der Waals surface area contributed by atoms with Crippen molar-refractivity contribution in [3.05, 3.63) is 12.7 Å². The normalized spacial score (nSPS) is 13.6. The van der Waals surface area contributed by atoms with Crippen LogP contribution in [0.3, 0.4) is 0 Å². The van der Waals surface area contributed by atoms with Crippen LogP contribution < -0.4 is 10.6 Å². The molecule has 20 heavy (non-hydrogen) atoms. The van der Waals surface area contributed by atoms with Gasteiger partial charge in [-0.3, -0.25) is 4.57 Å². The number of aliphatic hydroxyl groups is 1. The smallest absolute Gasteiger partial charge is 0.351 e. The minimum Gasteiger partial charge on any atom is -0.390 e. The number of anilines is 1. The predicted molar refractivity (Wildman–Crippen MR) is 65.2 cm³/mol. The summed E-state index contributed by atoms with van der Waals surface area (Å²) in [6.07, 6.45) is 0.237. The Balaban J connectivity index is 2.14. The summed E-state index contributed by atoms with van der Waals surface area (Å²) in [5.41, 5.74) is 6.11. The lowest BCUT2D eigenvalue weighted by molar-refractivity contribution is -0.153. The molecule has 1 atom stereocenters. The first kappa shape index (κ1) is 14.6. The molecule has 0 spiro atoms. The third kappa shape index (κ3) is 3.40. The van der Waals surface area contributed by atoms with Gasteiger partial charge in [0, 0.05) is 0 Å². The van der Waals surface area contributed by atoms with Gasteiger partial charge in [-0.15, -0.1) is 4.73 Å². The molecule has 0 fully saturated rings. The third-order valence-corrected chi connectivity index (χ3v) is 2.63. The van der Waals surface area contributed by atoms with Gasteiger partial charge >= 0.3 is 7.60 Å². The minimum absolute atomic E-state index is 0.147. The van der Waals surface area contributed by atoms with E-state index in [0.29, 0.717) is 5.52 Å². The first-order valence-corrected chi connectivity index (χ1v) is 7.08. The molecule has 1 unspecified atom stereocenters. The fourth-order valence-electron chi connectivity index (χ4n) is 1.33. The molecule has 0 aromatic carbocycles. The average Bonchev–Trinajstić information content (AvgIpc) is 2.78. The van der Waals surface area contributed by atoms with Crippen LogP contribution in [0.1, 0.15) is 0 Å². The quantitative estimate of drug-likeness (QED) is 0.357. The topological polar surface area (TPSA) is 166 Å². The highest BCUT2D eigenvalue weighted by atomic mass is 31.2. The molecule has 5 N–H and O–H groups in total. The van der Waals surface area contributed by atoms with Crippen LogP contribution in [0.5, 0.6) is 0 Å². The molecule has 0 aliphatic rings. The molecular weight excluding hydrogens is 293 g/mol. The van der Waals surface area contributed by atoms with Gasteiger partial charge < -0.3 is 30.2 Å². The Morgan fingerprint density at radius 2 is 2.15 bits per heavy atom. The number of ether oxygens (including phenoxy) is 1. The van der Waals surface area contributed by atoms with E-state index in [-0.39, 0.29) is 11.5 Å². The van der Waals surface area contributed by atoms with E-state index in [9.17, 15) is 4.57 Å². The summed E-state index contributed by atoms with van der Waals surface area (Å²) < 4.78 is 16.5. The lowest BCUT2D eigenvalue weighted by atomic mass is 10.5. The van der Waals surface area contributed by atoms with Gasteiger partial charge in [-0.05, 0) is 0 Å². The fraction of sp³-hybridized carbons (Fsp3) is 0.375. The molecule has 0 saturated carbocycles. The van der Waals surface area contributed by atoms with Crippen molar-refractivity contribution in [3.63, 3.8) is 0 Å². The number of nitrogens with two attached hydrogens (primary N) is 1. The number of aliphatic hydroxyl groups excluding tert-OH is 1. The molecular formula is C8H12N5O6P. The van der Waals surface area contributed by atoms with E-state index in [2.05, 4.69) is 15.0 Å². The highest BCUT2D eigenvalue weighted by molar-refractivity contribution is 7.51. The van der Waals surface area contributed by atoms with E-state index >= 15 is 0 Å². The number of rotatable bonds is 6. The Morgan fingerprint density at radius 1 is 1.40 bits per heavy atom. The number of hydrogen-bond donors (Lipinski definition) is 4. The first-order chi connectivity index (χ1) is 9.40. The zero-order valence-corrected chi connectivity index (χ0v) is 10.9. The molecule has 0 radical (unpaired) electrons. The van der Waals surface area contributed by atoms with Crippen molar-refractivity contribution in [2.24, 2.45) is 0 Å². The van der Waals surface area contributed by atoms with Crippen molar-refractivity contribution >= 4 is 24.6 Å². The van der Waals surface area contributed by atoms with Crippen molar-refractivity contribution in [3.8, 4) is 0 Å². The van der Waals surface area contributed by atoms with E-state index in [1.54, 1.807) is 0 Å². The van der Waals surface area contributed by atoms with Crippen LogP contribution in [0, 0.1) is 0 Å². The molecule has 12 heteroatoms. The Morgan fingerprint density at radius 3 is 2.80 bits per heavy atom. The van der Waals surface area contributed by atoms with Gasteiger partial charge in [-0.1, -0.05) is 0 Å². The van der Waals surface area contributed by atoms with Gasteiger partial charge in [0.05, 0.1) is 0 Å². The molecule has 0 amide bonds. The summed E-state index contributed by atoms with van der Waals surface area (Å²) in [5, 5.41) is 9.05. The van der Waals surface area contributed by atoms with Crippen LogP contribution >= 0.6 is 7.60 Å². The highest BCUT2D eigenvalue weighted by Crippen LogP contribution is 2.34. The Kier molecular flexibility index (Phi) is 4.16. The molecule has 0 aliphatic carbocycles. The zero-order valence-electron chi connectivity index (χ0n) is 10.0. The van der Waals surface area contributed by atoms with E-state index < -0.39 is 26.8 Å². The molecule has 110 valence electrons. The predicted octanol–water partition coefficient (Wildman–Crippen LogP) is -1.69. The maximum absolute atomic E-state index is 10.7. The fourth-order valence-corrected chi connectivity index (χ4v) is 1.69. The largest absolute Gasteiger partial charge is 0.390 e. The summed E-state index contributed by atoms with van der Waals surface area (Å²) in [6.45, 7) is -0.625. The maximum atomic E-state index is 10.7. The SMILES string of the molecule is Nc1ncnc2c1ncn2OC(CO)OCP(=O)(O)O. The van der Waals surface area contributed by atoms with E-state index in [1.165, 1.54) is 12.7 Å². The number of hydrogen-bond acceptors (Lipinski definition) is 8. The summed E-state index contributed by atoms with van der Waals surface area (Å²) in [6, 6.07) is 0. The van der Waals surface area contributed by atoms with Gasteiger partial charge in [0.2, 0.25) is 11.9 Å². The summed E-state index contributed by atoms with van der Waals surface area (Å²) in [4.78, 5) is 34.1. The van der Waals surface area contributed by atoms with Crippen molar-refractivity contribution < 1.29 is 29.0 Å². The van der Waals surface area contributed by atoms with Crippen LogP contribution in [0.2, 0.25) is 0 Å². The Labute approximate surface area is 112 Å². The Bertz CT molecular complexity index is 641. The molecule has 2 rings (SSSR count). The second-order valence-corrected chi connectivity index (χ2v) is 5.27. The monoisotopic (exact) mass is 305 g/mol. The van der Waals surface area contributed by atoms with Crippen LogP contribution in [-0.2, 0) is 9.30 Å². The second-order valence-electron chi connectivity index (χ2n) is 3.68. The Hall–Kier alpha value is -1.78. The van der Waals surface area contributed by atoms with Gasteiger partial charge in [-0.2, -0.15) is 0 Å². The van der Waals surface area contributed by atoms with Gasteiger partial charge in [0.15, 0.2) is 17.7 Å². The summed E-state index contributed by atoms with van der Waals surface area (Å²) in [5.74, 6) is 0.147. The molecule has 11 nitrogen and oxygen atoms in total. The highest BCUT2D eigenvalue weighted by Gasteiger charge is 2.20. The van der Waals surface area contributed by atoms with Crippen LogP contribution in [0.15, 0.2) is 12.7 Å². The molecule has 0 bridgehead atoms. The van der Waals surface area contributed by atoms with Crippen molar-refractivity contribution in [1.29, 1.82) is 0 Å². The van der Waals surface area contributed by atoms with Crippen molar-refractivity contribution in [2.75, 3.05) is 18.7 Å².